The lowest BCUT2D eigenvalue weighted by atomic mass is 10.1. The molecule has 1 nitrogen and oxygen atoms in total. The van der Waals surface area contributed by atoms with E-state index >= 15 is 0 Å². The second kappa shape index (κ2) is 3.76. The lowest BCUT2D eigenvalue weighted by Gasteiger charge is -2.09. The maximum atomic E-state index is 5.50. The summed E-state index contributed by atoms with van der Waals surface area (Å²) in [6.45, 7) is 0. The molecule has 68 valence electrons. The first-order valence-corrected chi connectivity index (χ1v) is 5.41. The fourth-order valence-corrected chi connectivity index (χ4v) is 1.94. The zero-order valence-electron chi connectivity index (χ0n) is 7.00. The standard InChI is InChI=1S/C10H9BrOS/c11-8-3-1-7(2-4-8)9-5-6-10(13)12-9/h1-4,9H,5-6H2. The molecule has 0 N–H and O–H groups in total. The predicted molar refractivity (Wildman–Crippen MR) is 59.8 cm³/mol. The van der Waals surface area contributed by atoms with Gasteiger partial charge < -0.3 is 4.74 Å². The van der Waals surface area contributed by atoms with Crippen molar-refractivity contribution in [2.75, 3.05) is 0 Å². The summed E-state index contributed by atoms with van der Waals surface area (Å²) < 4.78 is 6.60. The molecule has 0 amide bonds. The van der Waals surface area contributed by atoms with Gasteiger partial charge in [-0.2, -0.15) is 0 Å². The SMILES string of the molecule is S=C1CCC(c2ccc(Br)cc2)O1. The zero-order chi connectivity index (χ0) is 9.26. The minimum Gasteiger partial charge on any atom is -0.479 e. The number of halogens is 1. The van der Waals surface area contributed by atoms with Crippen LogP contribution in [0.15, 0.2) is 28.7 Å². The number of hydrogen-bond acceptors (Lipinski definition) is 2. The first-order chi connectivity index (χ1) is 6.25. The van der Waals surface area contributed by atoms with Crippen molar-refractivity contribution in [3.63, 3.8) is 0 Å². The summed E-state index contributed by atoms with van der Waals surface area (Å²) in [5.74, 6) is 0. The van der Waals surface area contributed by atoms with E-state index in [1.54, 1.807) is 0 Å². The van der Waals surface area contributed by atoms with Crippen molar-refractivity contribution in [2.24, 2.45) is 0 Å². The Labute approximate surface area is 91.2 Å². The van der Waals surface area contributed by atoms with Gasteiger partial charge in [-0.25, -0.2) is 0 Å². The van der Waals surface area contributed by atoms with Crippen LogP contribution in [-0.2, 0) is 4.74 Å². The summed E-state index contributed by atoms with van der Waals surface area (Å²) in [6, 6.07) is 8.20. The topological polar surface area (TPSA) is 9.23 Å². The van der Waals surface area contributed by atoms with E-state index in [-0.39, 0.29) is 6.10 Å². The molecule has 1 aromatic carbocycles. The molecule has 1 aliphatic rings. The van der Waals surface area contributed by atoms with Gasteiger partial charge in [0.15, 0.2) is 5.05 Å². The molecule has 0 saturated carbocycles. The molecule has 1 heterocycles. The fourth-order valence-electron chi connectivity index (χ4n) is 1.44. The normalized spacial score (nSPS) is 21.6. The Bertz CT molecular complexity index is 320. The van der Waals surface area contributed by atoms with Crippen molar-refractivity contribution < 1.29 is 4.74 Å². The molecule has 0 bridgehead atoms. The molecule has 0 aliphatic carbocycles. The van der Waals surface area contributed by atoms with Crippen molar-refractivity contribution in [3.8, 4) is 0 Å². The molecule has 1 unspecified atom stereocenters. The number of benzene rings is 1. The van der Waals surface area contributed by atoms with Crippen LogP contribution in [0.4, 0.5) is 0 Å². The first-order valence-electron chi connectivity index (χ1n) is 4.20. The van der Waals surface area contributed by atoms with Gasteiger partial charge >= 0.3 is 0 Å². The minimum atomic E-state index is 0.181. The van der Waals surface area contributed by atoms with Crippen LogP contribution >= 0.6 is 28.1 Å². The predicted octanol–water partition coefficient (Wildman–Crippen LogP) is 3.63. The van der Waals surface area contributed by atoms with Gasteiger partial charge in [-0.1, -0.05) is 28.1 Å². The third kappa shape index (κ3) is 2.09. The van der Waals surface area contributed by atoms with Crippen molar-refractivity contribution in [2.45, 2.75) is 18.9 Å². The molecule has 13 heavy (non-hydrogen) atoms. The highest BCUT2D eigenvalue weighted by atomic mass is 79.9. The van der Waals surface area contributed by atoms with E-state index in [9.17, 15) is 0 Å². The van der Waals surface area contributed by atoms with E-state index in [4.69, 9.17) is 17.0 Å². The summed E-state index contributed by atoms with van der Waals surface area (Å²) in [6.07, 6.45) is 2.11. The molecule has 0 spiro atoms. The van der Waals surface area contributed by atoms with Gasteiger partial charge in [-0.15, -0.1) is 0 Å². The van der Waals surface area contributed by atoms with Crippen LogP contribution in [0.3, 0.4) is 0 Å². The van der Waals surface area contributed by atoms with Gasteiger partial charge in [0, 0.05) is 10.9 Å². The van der Waals surface area contributed by atoms with E-state index < -0.39 is 0 Å². The maximum absolute atomic E-state index is 5.50. The highest BCUT2D eigenvalue weighted by molar-refractivity contribution is 9.10. The quantitative estimate of drug-likeness (QED) is 0.710. The van der Waals surface area contributed by atoms with Crippen LogP contribution in [-0.4, -0.2) is 5.05 Å². The molecule has 1 atom stereocenters. The molecule has 1 saturated heterocycles. The molecule has 1 aromatic rings. The van der Waals surface area contributed by atoms with Crippen LogP contribution in [0.5, 0.6) is 0 Å². The molecule has 3 heteroatoms. The van der Waals surface area contributed by atoms with Gasteiger partial charge in [0.1, 0.15) is 6.10 Å². The largest absolute Gasteiger partial charge is 0.479 e. The Balaban J connectivity index is 2.17. The molecule has 1 fully saturated rings. The van der Waals surface area contributed by atoms with Crippen molar-refractivity contribution in [1.29, 1.82) is 0 Å². The highest BCUT2D eigenvalue weighted by Crippen LogP contribution is 2.30. The van der Waals surface area contributed by atoms with Crippen LogP contribution < -0.4 is 0 Å². The number of hydrogen-bond donors (Lipinski definition) is 0. The highest BCUT2D eigenvalue weighted by Gasteiger charge is 2.21. The summed E-state index contributed by atoms with van der Waals surface area (Å²) in [5, 5.41) is 0.743. The lowest BCUT2D eigenvalue weighted by Crippen LogP contribution is -1.96. The summed E-state index contributed by atoms with van der Waals surface area (Å²) in [7, 11) is 0. The Hall–Kier alpha value is -0.410. The average molecular weight is 257 g/mol. The van der Waals surface area contributed by atoms with Gasteiger partial charge in [0.2, 0.25) is 0 Å². The fraction of sp³-hybridized carbons (Fsp3) is 0.300. The Morgan fingerprint density at radius 2 is 2.00 bits per heavy atom. The van der Waals surface area contributed by atoms with Crippen molar-refractivity contribution in [3.05, 3.63) is 34.3 Å². The molecular formula is C10H9BrOS. The number of ether oxygens (including phenoxy) is 1. The van der Waals surface area contributed by atoms with Crippen LogP contribution in [0.25, 0.3) is 0 Å². The smallest absolute Gasteiger partial charge is 0.160 e. The van der Waals surface area contributed by atoms with Gasteiger partial charge in [-0.05, 0) is 36.3 Å². The van der Waals surface area contributed by atoms with Crippen LogP contribution in [0.2, 0.25) is 0 Å². The Morgan fingerprint density at radius 1 is 1.31 bits per heavy atom. The van der Waals surface area contributed by atoms with Gasteiger partial charge in [-0.3, -0.25) is 0 Å². The minimum absolute atomic E-state index is 0.181. The monoisotopic (exact) mass is 256 g/mol. The average Bonchev–Trinajstić information content (AvgIpc) is 2.53. The molecule has 2 rings (SSSR count). The third-order valence-corrected chi connectivity index (χ3v) is 2.96. The van der Waals surface area contributed by atoms with Gasteiger partial charge in [0.25, 0.3) is 0 Å². The zero-order valence-corrected chi connectivity index (χ0v) is 9.40. The second-order valence-electron chi connectivity index (χ2n) is 3.07. The van der Waals surface area contributed by atoms with E-state index in [2.05, 4.69) is 28.1 Å². The van der Waals surface area contributed by atoms with E-state index in [1.807, 2.05) is 12.1 Å². The van der Waals surface area contributed by atoms with E-state index in [0.717, 1.165) is 22.4 Å². The molecular weight excluding hydrogens is 248 g/mol. The second-order valence-corrected chi connectivity index (χ2v) is 4.44. The number of thiocarbonyl (C=S) groups is 1. The summed E-state index contributed by atoms with van der Waals surface area (Å²) in [5.41, 5.74) is 1.21. The summed E-state index contributed by atoms with van der Waals surface area (Å²) >= 11 is 8.39. The molecule has 0 radical (unpaired) electrons. The van der Waals surface area contributed by atoms with E-state index in [1.165, 1.54) is 5.56 Å². The van der Waals surface area contributed by atoms with Crippen LogP contribution in [0.1, 0.15) is 24.5 Å². The number of rotatable bonds is 1. The van der Waals surface area contributed by atoms with Crippen molar-refractivity contribution in [1.82, 2.24) is 0 Å². The Kier molecular flexibility index (Phi) is 2.65. The third-order valence-electron chi connectivity index (χ3n) is 2.13. The Morgan fingerprint density at radius 3 is 2.54 bits per heavy atom. The maximum Gasteiger partial charge on any atom is 0.160 e. The molecule has 1 aliphatic heterocycles. The first kappa shape index (κ1) is 9.16. The van der Waals surface area contributed by atoms with E-state index in [0.29, 0.717) is 0 Å². The van der Waals surface area contributed by atoms with Crippen molar-refractivity contribution >= 4 is 33.2 Å². The lowest BCUT2D eigenvalue weighted by molar-refractivity contribution is 0.229. The molecule has 0 aromatic heterocycles. The van der Waals surface area contributed by atoms with Gasteiger partial charge in [0.05, 0.1) is 0 Å². The summed E-state index contributed by atoms with van der Waals surface area (Å²) in [4.78, 5) is 0. The van der Waals surface area contributed by atoms with Crippen LogP contribution in [0, 0.1) is 0 Å².